The Morgan fingerprint density at radius 2 is 2.08 bits per heavy atom. The van der Waals surface area contributed by atoms with Gasteiger partial charge in [0.25, 0.3) is 0 Å². The summed E-state index contributed by atoms with van der Waals surface area (Å²) in [6, 6.07) is 0.718. The zero-order chi connectivity index (χ0) is 9.52. The molecule has 0 aromatic heterocycles. The van der Waals surface area contributed by atoms with Gasteiger partial charge in [0.05, 0.1) is 0 Å². The van der Waals surface area contributed by atoms with E-state index >= 15 is 0 Å². The minimum Gasteiger partial charge on any atom is -0.317 e. The van der Waals surface area contributed by atoms with Gasteiger partial charge in [0, 0.05) is 12.5 Å². The summed E-state index contributed by atoms with van der Waals surface area (Å²) in [5.74, 6) is 3.58. The van der Waals surface area contributed by atoms with Crippen molar-refractivity contribution in [3.63, 3.8) is 0 Å². The highest BCUT2D eigenvalue weighted by Gasteiger charge is 2.21. The molecule has 1 fully saturated rings. The molecular formula is C12H21N. The molecule has 1 aliphatic carbocycles. The quantitative estimate of drug-likeness (QED) is 0.518. The first kappa shape index (κ1) is 10.6. The molecule has 0 aromatic rings. The lowest BCUT2D eigenvalue weighted by atomic mass is 9.90. The van der Waals surface area contributed by atoms with E-state index in [0.29, 0.717) is 0 Å². The minimum absolute atomic E-state index is 0.718. The van der Waals surface area contributed by atoms with Gasteiger partial charge in [-0.1, -0.05) is 19.3 Å². The Bertz CT molecular complexity index is 168. The summed E-state index contributed by atoms with van der Waals surface area (Å²) in [6.07, 6.45) is 14.4. The molecule has 0 amide bonds. The Labute approximate surface area is 82.3 Å². The Kier molecular flexibility index (Phi) is 4.93. The molecule has 74 valence electrons. The third kappa shape index (κ3) is 3.40. The molecule has 1 aliphatic rings. The van der Waals surface area contributed by atoms with Crippen molar-refractivity contribution in [2.24, 2.45) is 5.92 Å². The molecule has 0 saturated heterocycles. The molecule has 1 saturated carbocycles. The van der Waals surface area contributed by atoms with Crippen LogP contribution < -0.4 is 5.32 Å². The molecule has 2 atom stereocenters. The van der Waals surface area contributed by atoms with E-state index in [1.165, 1.54) is 38.5 Å². The first-order valence-corrected chi connectivity index (χ1v) is 5.49. The highest BCUT2D eigenvalue weighted by Crippen LogP contribution is 2.26. The molecular weight excluding hydrogens is 158 g/mol. The van der Waals surface area contributed by atoms with Gasteiger partial charge in [0.1, 0.15) is 0 Å². The number of nitrogens with one attached hydrogen (secondary N) is 1. The van der Waals surface area contributed by atoms with Crippen molar-refractivity contribution < 1.29 is 0 Å². The van der Waals surface area contributed by atoms with Crippen molar-refractivity contribution in [3.8, 4) is 12.3 Å². The van der Waals surface area contributed by atoms with Crippen LogP contribution in [0.1, 0.15) is 44.9 Å². The standard InChI is InChI=1S/C12H21N/c1-3-4-8-11-9-6-5-7-10-12(11)13-2/h1,11-13H,4-10H2,2H3. The van der Waals surface area contributed by atoms with Gasteiger partial charge < -0.3 is 5.32 Å². The molecule has 0 heterocycles. The maximum Gasteiger partial charge on any atom is 0.00926 e. The van der Waals surface area contributed by atoms with E-state index < -0.39 is 0 Å². The van der Waals surface area contributed by atoms with Crippen molar-refractivity contribution >= 4 is 0 Å². The van der Waals surface area contributed by atoms with Gasteiger partial charge in [-0.05, 0) is 32.2 Å². The van der Waals surface area contributed by atoms with Gasteiger partial charge in [-0.3, -0.25) is 0 Å². The van der Waals surface area contributed by atoms with E-state index in [1.807, 2.05) is 0 Å². The van der Waals surface area contributed by atoms with Crippen LogP contribution in [0.5, 0.6) is 0 Å². The molecule has 0 aliphatic heterocycles. The summed E-state index contributed by atoms with van der Waals surface area (Å²) in [7, 11) is 2.08. The maximum absolute atomic E-state index is 5.30. The molecule has 13 heavy (non-hydrogen) atoms. The fraction of sp³-hybridized carbons (Fsp3) is 0.833. The van der Waals surface area contributed by atoms with E-state index in [-0.39, 0.29) is 0 Å². The lowest BCUT2D eigenvalue weighted by Crippen LogP contribution is -2.32. The second-order valence-electron chi connectivity index (χ2n) is 4.04. The van der Waals surface area contributed by atoms with E-state index in [0.717, 1.165) is 18.4 Å². The maximum atomic E-state index is 5.30. The van der Waals surface area contributed by atoms with Crippen molar-refractivity contribution in [2.75, 3.05) is 7.05 Å². The van der Waals surface area contributed by atoms with Crippen molar-refractivity contribution in [1.29, 1.82) is 0 Å². The highest BCUT2D eigenvalue weighted by molar-refractivity contribution is 4.87. The number of rotatable bonds is 3. The van der Waals surface area contributed by atoms with Crippen LogP contribution in [0.2, 0.25) is 0 Å². The molecule has 1 heteroatoms. The molecule has 0 spiro atoms. The van der Waals surface area contributed by atoms with E-state index in [2.05, 4.69) is 18.3 Å². The SMILES string of the molecule is C#CCCC1CCCCCC1NC. The van der Waals surface area contributed by atoms with Crippen LogP contribution in [0, 0.1) is 18.3 Å². The van der Waals surface area contributed by atoms with Crippen LogP contribution in [0.25, 0.3) is 0 Å². The zero-order valence-corrected chi connectivity index (χ0v) is 8.68. The summed E-state index contributed by atoms with van der Waals surface area (Å²) in [5.41, 5.74) is 0. The third-order valence-electron chi connectivity index (χ3n) is 3.19. The first-order chi connectivity index (χ1) is 6.38. The van der Waals surface area contributed by atoms with E-state index in [4.69, 9.17) is 6.42 Å². The van der Waals surface area contributed by atoms with Gasteiger partial charge in [-0.2, -0.15) is 0 Å². The van der Waals surface area contributed by atoms with Crippen LogP contribution in [-0.2, 0) is 0 Å². The van der Waals surface area contributed by atoms with Crippen molar-refractivity contribution in [1.82, 2.24) is 5.32 Å². The predicted octanol–water partition coefficient (Wildman–Crippen LogP) is 2.57. The average Bonchev–Trinajstić information content (AvgIpc) is 2.39. The van der Waals surface area contributed by atoms with Gasteiger partial charge in [0.15, 0.2) is 0 Å². The third-order valence-corrected chi connectivity index (χ3v) is 3.19. The van der Waals surface area contributed by atoms with Crippen LogP contribution in [0.15, 0.2) is 0 Å². The topological polar surface area (TPSA) is 12.0 Å². The van der Waals surface area contributed by atoms with Crippen molar-refractivity contribution in [2.45, 2.75) is 51.0 Å². The zero-order valence-electron chi connectivity index (χ0n) is 8.68. The lowest BCUT2D eigenvalue weighted by Gasteiger charge is -2.23. The summed E-state index contributed by atoms with van der Waals surface area (Å²) >= 11 is 0. The fourth-order valence-electron chi connectivity index (χ4n) is 2.38. The van der Waals surface area contributed by atoms with Crippen molar-refractivity contribution in [3.05, 3.63) is 0 Å². The summed E-state index contributed by atoms with van der Waals surface area (Å²) in [6.45, 7) is 0. The van der Waals surface area contributed by atoms with Gasteiger partial charge in [-0.15, -0.1) is 12.3 Å². The van der Waals surface area contributed by atoms with Crippen LogP contribution >= 0.6 is 0 Å². The smallest absolute Gasteiger partial charge is 0.00926 e. The highest BCUT2D eigenvalue weighted by atomic mass is 14.9. The molecule has 1 rings (SSSR count). The van der Waals surface area contributed by atoms with E-state index in [1.54, 1.807) is 0 Å². The van der Waals surface area contributed by atoms with Crippen LogP contribution in [0.3, 0.4) is 0 Å². The fourth-order valence-corrected chi connectivity index (χ4v) is 2.38. The molecule has 1 nitrogen and oxygen atoms in total. The molecule has 2 unspecified atom stereocenters. The Morgan fingerprint density at radius 1 is 1.31 bits per heavy atom. The predicted molar refractivity (Wildman–Crippen MR) is 57.5 cm³/mol. The van der Waals surface area contributed by atoms with Gasteiger partial charge >= 0.3 is 0 Å². The summed E-state index contributed by atoms with van der Waals surface area (Å²) in [5, 5.41) is 3.43. The monoisotopic (exact) mass is 179 g/mol. The molecule has 0 radical (unpaired) electrons. The van der Waals surface area contributed by atoms with Gasteiger partial charge in [0.2, 0.25) is 0 Å². The Morgan fingerprint density at radius 3 is 2.77 bits per heavy atom. The minimum atomic E-state index is 0.718. The average molecular weight is 179 g/mol. The largest absolute Gasteiger partial charge is 0.317 e. The normalized spacial score (nSPS) is 29.2. The second-order valence-corrected chi connectivity index (χ2v) is 4.04. The number of hydrogen-bond donors (Lipinski definition) is 1. The van der Waals surface area contributed by atoms with Crippen LogP contribution in [0.4, 0.5) is 0 Å². The Hall–Kier alpha value is -0.480. The summed E-state index contributed by atoms with van der Waals surface area (Å²) in [4.78, 5) is 0. The van der Waals surface area contributed by atoms with Crippen LogP contribution in [-0.4, -0.2) is 13.1 Å². The molecule has 0 bridgehead atoms. The lowest BCUT2D eigenvalue weighted by molar-refractivity contribution is 0.335. The Balaban J connectivity index is 2.40. The van der Waals surface area contributed by atoms with Gasteiger partial charge in [-0.25, -0.2) is 0 Å². The number of hydrogen-bond acceptors (Lipinski definition) is 1. The molecule has 0 aromatic carbocycles. The molecule has 1 N–H and O–H groups in total. The summed E-state index contributed by atoms with van der Waals surface area (Å²) < 4.78 is 0. The number of terminal acetylenes is 1. The second kappa shape index (κ2) is 6.05. The van der Waals surface area contributed by atoms with E-state index in [9.17, 15) is 0 Å². The first-order valence-electron chi connectivity index (χ1n) is 5.49.